The fourth-order valence-corrected chi connectivity index (χ4v) is 3.90. The maximum atomic E-state index is 12.3. The Kier molecular flexibility index (Phi) is 6.46. The van der Waals surface area contributed by atoms with Crippen LogP contribution < -0.4 is 10.6 Å². The van der Waals surface area contributed by atoms with E-state index in [0.717, 1.165) is 48.2 Å². The number of aryl methyl sites for hydroxylation is 1. The molecule has 0 radical (unpaired) electrons. The van der Waals surface area contributed by atoms with Crippen LogP contribution in [0.25, 0.3) is 10.9 Å². The van der Waals surface area contributed by atoms with Gasteiger partial charge in [0.15, 0.2) is 0 Å². The molecule has 0 spiro atoms. The molecular formula is C21H31N5O2. The second kappa shape index (κ2) is 8.84. The number of amides is 1. The number of hydrogen-bond acceptors (Lipinski definition) is 6. The van der Waals surface area contributed by atoms with Crippen molar-refractivity contribution in [2.75, 3.05) is 38.1 Å². The van der Waals surface area contributed by atoms with Gasteiger partial charge in [-0.25, -0.2) is 0 Å². The number of aliphatic hydroxyl groups is 1. The van der Waals surface area contributed by atoms with Crippen LogP contribution in [0.2, 0.25) is 0 Å². The van der Waals surface area contributed by atoms with E-state index in [0.29, 0.717) is 32.4 Å². The number of nitrogens with zero attached hydrogens (tertiary/aromatic N) is 4. The van der Waals surface area contributed by atoms with Crippen molar-refractivity contribution >= 4 is 22.5 Å². The number of aromatic nitrogens is 2. The van der Waals surface area contributed by atoms with Gasteiger partial charge in [0.1, 0.15) is 0 Å². The lowest BCUT2D eigenvalue weighted by molar-refractivity contribution is -0.134. The molecule has 28 heavy (non-hydrogen) atoms. The monoisotopic (exact) mass is 385 g/mol. The molecule has 1 aliphatic heterocycles. The number of carbonyl (C=O) groups excluding carboxylic acids is 1. The van der Waals surface area contributed by atoms with Crippen molar-refractivity contribution in [3.8, 4) is 0 Å². The number of fused-ring (bicyclic) bond motifs is 1. The van der Waals surface area contributed by atoms with E-state index in [1.54, 1.807) is 18.1 Å². The minimum absolute atomic E-state index is 0.0751. The summed E-state index contributed by atoms with van der Waals surface area (Å²) in [6.45, 7) is 4.45. The van der Waals surface area contributed by atoms with Gasteiger partial charge in [0, 0.05) is 62.3 Å². The highest BCUT2D eigenvalue weighted by Gasteiger charge is 2.34. The van der Waals surface area contributed by atoms with Gasteiger partial charge in [0.25, 0.3) is 0 Å². The smallest absolute Gasteiger partial charge is 0.222 e. The summed E-state index contributed by atoms with van der Waals surface area (Å²) in [5.74, 6) is 0.0751. The van der Waals surface area contributed by atoms with Gasteiger partial charge < -0.3 is 20.6 Å². The van der Waals surface area contributed by atoms with Crippen LogP contribution >= 0.6 is 0 Å². The quantitative estimate of drug-likeness (QED) is 0.707. The summed E-state index contributed by atoms with van der Waals surface area (Å²) in [5.41, 5.74) is 7.67. The largest absolute Gasteiger partial charge is 0.388 e. The van der Waals surface area contributed by atoms with E-state index in [-0.39, 0.29) is 5.91 Å². The summed E-state index contributed by atoms with van der Waals surface area (Å²) >= 11 is 0. The van der Waals surface area contributed by atoms with Gasteiger partial charge in [-0.3, -0.25) is 14.8 Å². The molecule has 7 nitrogen and oxygen atoms in total. The van der Waals surface area contributed by atoms with Crippen molar-refractivity contribution in [1.29, 1.82) is 0 Å². The highest BCUT2D eigenvalue weighted by Crippen LogP contribution is 2.31. The van der Waals surface area contributed by atoms with Crippen molar-refractivity contribution in [3.63, 3.8) is 0 Å². The number of likely N-dealkylation sites (N-methyl/N-ethyl adjacent to an activating group) is 1. The second-order valence-electron chi connectivity index (χ2n) is 7.88. The zero-order valence-electron chi connectivity index (χ0n) is 16.9. The minimum Gasteiger partial charge on any atom is -0.388 e. The van der Waals surface area contributed by atoms with E-state index in [9.17, 15) is 9.90 Å². The lowest BCUT2D eigenvalue weighted by Crippen LogP contribution is -2.51. The predicted molar refractivity (Wildman–Crippen MR) is 111 cm³/mol. The van der Waals surface area contributed by atoms with Crippen LogP contribution in [0.3, 0.4) is 0 Å². The molecular weight excluding hydrogens is 354 g/mol. The molecule has 0 unspecified atom stereocenters. The van der Waals surface area contributed by atoms with Crippen molar-refractivity contribution in [1.82, 2.24) is 14.9 Å². The molecule has 152 valence electrons. The number of anilines is 1. The molecule has 3 heterocycles. The molecule has 2 aromatic rings. The first-order chi connectivity index (χ1) is 13.4. The highest BCUT2D eigenvalue weighted by molar-refractivity contribution is 5.91. The van der Waals surface area contributed by atoms with E-state index in [2.05, 4.69) is 20.9 Å². The second-order valence-corrected chi connectivity index (χ2v) is 7.88. The molecule has 0 saturated carbocycles. The van der Waals surface area contributed by atoms with Crippen molar-refractivity contribution in [2.24, 2.45) is 5.73 Å². The summed E-state index contributed by atoms with van der Waals surface area (Å²) in [4.78, 5) is 25.0. The SMILES string of the molecule is Cc1cc(N2CCC(O)(CN(C)C(=O)CCCCN)CC2)c2cnccc2n1. The van der Waals surface area contributed by atoms with Crippen LogP contribution in [-0.2, 0) is 4.79 Å². The molecule has 1 amide bonds. The standard InChI is InChI=1S/C21H31N5O2/c1-16-13-19(17-14-23-10-6-18(17)24-16)26-11-7-21(28,8-12-26)15-25(2)20(27)5-3-4-9-22/h6,10,13-14,28H,3-5,7-9,11-12,15,22H2,1-2H3. The molecule has 3 rings (SSSR count). The minimum atomic E-state index is -0.842. The van der Waals surface area contributed by atoms with E-state index in [4.69, 9.17) is 5.73 Å². The Bertz CT molecular complexity index is 818. The molecule has 3 N–H and O–H groups in total. The first-order valence-corrected chi connectivity index (χ1v) is 10.0. The first kappa shape index (κ1) is 20.5. The Labute approximate surface area is 166 Å². The number of carbonyl (C=O) groups is 1. The van der Waals surface area contributed by atoms with Crippen molar-refractivity contribution in [2.45, 2.75) is 44.6 Å². The van der Waals surface area contributed by atoms with E-state index < -0.39 is 5.60 Å². The number of hydrogen-bond donors (Lipinski definition) is 2. The van der Waals surface area contributed by atoms with E-state index in [1.807, 2.05) is 19.2 Å². The molecule has 0 atom stereocenters. The molecule has 0 aliphatic carbocycles. The van der Waals surface area contributed by atoms with Crippen LogP contribution in [0.5, 0.6) is 0 Å². The number of unbranched alkanes of at least 4 members (excludes halogenated alkanes) is 1. The van der Waals surface area contributed by atoms with Crippen molar-refractivity contribution < 1.29 is 9.90 Å². The lowest BCUT2D eigenvalue weighted by Gasteiger charge is -2.41. The number of pyridine rings is 2. The fourth-order valence-electron chi connectivity index (χ4n) is 3.90. The average molecular weight is 386 g/mol. The summed E-state index contributed by atoms with van der Waals surface area (Å²) < 4.78 is 0. The molecule has 0 aromatic carbocycles. The third kappa shape index (κ3) is 4.77. The maximum Gasteiger partial charge on any atom is 0.222 e. The van der Waals surface area contributed by atoms with Gasteiger partial charge in [0.2, 0.25) is 5.91 Å². The van der Waals surface area contributed by atoms with Gasteiger partial charge in [-0.05, 0) is 51.3 Å². The zero-order chi connectivity index (χ0) is 20.1. The number of nitrogens with two attached hydrogens (primary N) is 1. The predicted octanol–water partition coefficient (Wildman–Crippen LogP) is 1.86. The summed E-state index contributed by atoms with van der Waals surface area (Å²) in [5, 5.41) is 12.1. The Morgan fingerprint density at radius 2 is 2.11 bits per heavy atom. The van der Waals surface area contributed by atoms with Gasteiger partial charge >= 0.3 is 0 Å². The molecule has 7 heteroatoms. The van der Waals surface area contributed by atoms with E-state index >= 15 is 0 Å². The zero-order valence-corrected chi connectivity index (χ0v) is 16.9. The number of piperidine rings is 1. The van der Waals surface area contributed by atoms with Gasteiger partial charge in [-0.15, -0.1) is 0 Å². The Balaban J connectivity index is 1.63. The van der Waals surface area contributed by atoms with Crippen LogP contribution in [0.15, 0.2) is 24.5 Å². The summed E-state index contributed by atoms with van der Waals surface area (Å²) in [6, 6.07) is 4.01. The topological polar surface area (TPSA) is 95.6 Å². The van der Waals surface area contributed by atoms with Crippen LogP contribution in [0.4, 0.5) is 5.69 Å². The normalized spacial score (nSPS) is 16.4. The third-order valence-corrected chi connectivity index (χ3v) is 5.55. The highest BCUT2D eigenvalue weighted by atomic mass is 16.3. The average Bonchev–Trinajstić information content (AvgIpc) is 2.68. The molecule has 1 aliphatic rings. The van der Waals surface area contributed by atoms with Gasteiger partial charge in [-0.1, -0.05) is 0 Å². The maximum absolute atomic E-state index is 12.3. The summed E-state index contributed by atoms with van der Waals surface area (Å²) in [6.07, 6.45) is 7.00. The van der Waals surface area contributed by atoms with Gasteiger partial charge in [0.05, 0.1) is 11.1 Å². The molecule has 1 saturated heterocycles. The summed E-state index contributed by atoms with van der Waals surface area (Å²) in [7, 11) is 1.78. The lowest BCUT2D eigenvalue weighted by atomic mass is 9.90. The Morgan fingerprint density at radius 3 is 2.82 bits per heavy atom. The fraction of sp³-hybridized carbons (Fsp3) is 0.571. The third-order valence-electron chi connectivity index (χ3n) is 5.55. The van der Waals surface area contributed by atoms with Crippen LogP contribution in [0, 0.1) is 6.92 Å². The molecule has 1 fully saturated rings. The van der Waals surface area contributed by atoms with E-state index in [1.165, 1.54) is 0 Å². The molecule has 0 bridgehead atoms. The number of rotatable bonds is 7. The van der Waals surface area contributed by atoms with Gasteiger partial charge in [-0.2, -0.15) is 0 Å². The molecule has 2 aromatic heterocycles. The first-order valence-electron chi connectivity index (χ1n) is 10.0. The van der Waals surface area contributed by atoms with Crippen molar-refractivity contribution in [3.05, 3.63) is 30.2 Å². The van der Waals surface area contributed by atoms with Crippen LogP contribution in [0.1, 0.15) is 37.8 Å². The Morgan fingerprint density at radius 1 is 1.36 bits per heavy atom. The van der Waals surface area contributed by atoms with Crippen LogP contribution in [-0.4, -0.2) is 64.7 Å². The Hall–Kier alpha value is -2.25.